The summed E-state index contributed by atoms with van der Waals surface area (Å²) in [5.41, 5.74) is 1.80. The van der Waals surface area contributed by atoms with Crippen LogP contribution in [0.25, 0.3) is 6.08 Å². The molecule has 3 aromatic rings. The van der Waals surface area contributed by atoms with Crippen LogP contribution in [0.3, 0.4) is 0 Å². The molecule has 4 nitrogen and oxygen atoms in total. The predicted molar refractivity (Wildman–Crippen MR) is 132 cm³/mol. The number of rotatable bonds is 5. The molecule has 0 unspecified atom stereocenters. The minimum atomic E-state index is -0.469. The molecule has 3 aromatic carbocycles. The lowest BCUT2D eigenvalue weighted by molar-refractivity contribution is -0.113. The topological polar surface area (TPSA) is 46.6 Å². The summed E-state index contributed by atoms with van der Waals surface area (Å²) >= 11 is 25.6. The summed E-state index contributed by atoms with van der Waals surface area (Å²) in [5, 5.41) is 1.07. The Bertz CT molecular complexity index is 1220. The number of para-hydroxylation sites is 1. The Morgan fingerprint density at radius 1 is 0.875 bits per heavy atom. The van der Waals surface area contributed by atoms with Crippen molar-refractivity contribution in [3.8, 4) is 5.75 Å². The van der Waals surface area contributed by atoms with E-state index in [1.54, 1.807) is 54.6 Å². The number of amides is 2. The Morgan fingerprint density at radius 3 is 2.19 bits per heavy atom. The summed E-state index contributed by atoms with van der Waals surface area (Å²) < 4.78 is 5.77. The average Bonchev–Trinajstić information content (AvgIpc) is 3.02. The lowest BCUT2D eigenvalue weighted by atomic mass is 10.2. The van der Waals surface area contributed by atoms with E-state index in [0.717, 1.165) is 22.2 Å². The van der Waals surface area contributed by atoms with Crippen molar-refractivity contribution in [3.63, 3.8) is 0 Å². The SMILES string of the molecule is O=C1S/C(=C\c2cc(Cl)c(OCc3ccc(Cl)cc3)c(Cl)c2)C(=O)N1c1ccccc1Cl. The molecule has 0 N–H and O–H groups in total. The van der Waals surface area contributed by atoms with Gasteiger partial charge in [0.2, 0.25) is 0 Å². The number of ether oxygens (including phenoxy) is 1. The first-order valence-electron chi connectivity index (χ1n) is 9.22. The van der Waals surface area contributed by atoms with E-state index in [9.17, 15) is 9.59 Å². The van der Waals surface area contributed by atoms with Gasteiger partial charge in [-0.3, -0.25) is 9.59 Å². The molecule has 32 heavy (non-hydrogen) atoms. The van der Waals surface area contributed by atoms with Crippen LogP contribution in [0, 0.1) is 0 Å². The predicted octanol–water partition coefficient (Wildman–Crippen LogP) is 8.12. The Morgan fingerprint density at radius 2 is 1.53 bits per heavy atom. The van der Waals surface area contributed by atoms with E-state index in [1.807, 2.05) is 12.1 Å². The third kappa shape index (κ3) is 4.92. The third-order valence-electron chi connectivity index (χ3n) is 4.50. The first kappa shape index (κ1) is 23.0. The second-order valence-corrected chi connectivity index (χ2v) is 9.35. The second-order valence-electron chi connectivity index (χ2n) is 6.70. The van der Waals surface area contributed by atoms with E-state index in [0.29, 0.717) is 27.0 Å². The highest BCUT2D eigenvalue weighted by molar-refractivity contribution is 8.19. The van der Waals surface area contributed by atoms with Gasteiger partial charge in [0.15, 0.2) is 5.75 Å². The maximum atomic E-state index is 12.9. The summed E-state index contributed by atoms with van der Waals surface area (Å²) in [6.07, 6.45) is 1.56. The number of hydrogen-bond donors (Lipinski definition) is 0. The molecular formula is C23H13Cl4NO3S. The van der Waals surface area contributed by atoms with Crippen LogP contribution in [0.5, 0.6) is 5.75 Å². The molecule has 0 aliphatic carbocycles. The van der Waals surface area contributed by atoms with Crippen LogP contribution >= 0.6 is 58.2 Å². The number of hydrogen-bond acceptors (Lipinski definition) is 4. The first-order valence-corrected chi connectivity index (χ1v) is 11.5. The zero-order chi connectivity index (χ0) is 22.8. The minimum Gasteiger partial charge on any atom is -0.486 e. The molecule has 1 heterocycles. The fraction of sp³-hybridized carbons (Fsp3) is 0.0435. The standard InChI is InChI=1S/C23H13Cl4NO3S/c24-15-7-5-13(6-8-15)12-31-21-17(26)9-14(10-18(21)27)11-20-22(29)28(23(30)32-20)19-4-2-1-3-16(19)25/h1-11H,12H2/b20-11-. The highest BCUT2D eigenvalue weighted by Crippen LogP contribution is 2.40. The number of carbonyl (C=O) groups is 2. The van der Waals surface area contributed by atoms with E-state index in [4.69, 9.17) is 51.1 Å². The summed E-state index contributed by atoms with van der Waals surface area (Å²) in [4.78, 5) is 26.6. The molecule has 4 rings (SSSR count). The van der Waals surface area contributed by atoms with Crippen LogP contribution in [0.15, 0.2) is 65.6 Å². The van der Waals surface area contributed by atoms with E-state index in [-0.39, 0.29) is 21.6 Å². The molecule has 0 bridgehead atoms. The van der Waals surface area contributed by atoms with Crippen molar-refractivity contribution in [3.05, 3.63) is 96.8 Å². The van der Waals surface area contributed by atoms with Crippen molar-refractivity contribution >= 4 is 81.1 Å². The smallest absolute Gasteiger partial charge is 0.298 e. The molecule has 9 heteroatoms. The number of benzene rings is 3. The first-order chi connectivity index (χ1) is 15.3. The molecule has 0 spiro atoms. The molecule has 0 radical (unpaired) electrons. The van der Waals surface area contributed by atoms with Crippen LogP contribution in [0.4, 0.5) is 10.5 Å². The molecule has 0 atom stereocenters. The fourth-order valence-corrected chi connectivity index (χ4v) is 4.79. The summed E-state index contributed by atoms with van der Waals surface area (Å²) in [7, 11) is 0. The summed E-state index contributed by atoms with van der Waals surface area (Å²) in [6, 6.07) is 17.1. The van der Waals surface area contributed by atoms with E-state index in [2.05, 4.69) is 0 Å². The van der Waals surface area contributed by atoms with Crippen LogP contribution in [-0.2, 0) is 11.4 Å². The Balaban J connectivity index is 1.55. The van der Waals surface area contributed by atoms with Gasteiger partial charge in [-0.25, -0.2) is 4.90 Å². The maximum absolute atomic E-state index is 12.9. The highest BCUT2D eigenvalue weighted by Gasteiger charge is 2.37. The molecular weight excluding hydrogens is 512 g/mol. The molecule has 0 saturated carbocycles. The van der Waals surface area contributed by atoms with Gasteiger partial charge < -0.3 is 4.74 Å². The minimum absolute atomic E-state index is 0.233. The molecule has 162 valence electrons. The van der Waals surface area contributed by atoms with Crippen LogP contribution in [0.2, 0.25) is 20.1 Å². The van der Waals surface area contributed by atoms with Crippen LogP contribution in [-0.4, -0.2) is 11.1 Å². The van der Waals surface area contributed by atoms with Crippen molar-refractivity contribution < 1.29 is 14.3 Å². The molecule has 1 aliphatic rings. The van der Waals surface area contributed by atoms with Gasteiger partial charge in [-0.05, 0) is 65.4 Å². The van der Waals surface area contributed by atoms with Gasteiger partial charge in [-0.2, -0.15) is 0 Å². The van der Waals surface area contributed by atoms with Crippen molar-refractivity contribution in [2.45, 2.75) is 6.61 Å². The fourth-order valence-electron chi connectivity index (χ4n) is 3.00. The summed E-state index contributed by atoms with van der Waals surface area (Å²) in [6.45, 7) is 0.257. The molecule has 1 saturated heterocycles. The quantitative estimate of drug-likeness (QED) is 0.316. The number of anilines is 1. The number of imide groups is 1. The van der Waals surface area contributed by atoms with Gasteiger partial charge in [-0.1, -0.05) is 70.7 Å². The van der Waals surface area contributed by atoms with Crippen molar-refractivity contribution in [1.82, 2.24) is 0 Å². The Labute approximate surface area is 208 Å². The van der Waals surface area contributed by atoms with Crippen molar-refractivity contribution in [1.29, 1.82) is 0 Å². The molecule has 2 amide bonds. The highest BCUT2D eigenvalue weighted by atomic mass is 35.5. The number of thioether (sulfide) groups is 1. The van der Waals surface area contributed by atoms with E-state index in [1.165, 1.54) is 0 Å². The van der Waals surface area contributed by atoms with Gasteiger partial charge in [0.05, 0.1) is 25.7 Å². The molecule has 1 aliphatic heterocycles. The zero-order valence-corrected chi connectivity index (χ0v) is 20.0. The molecule has 1 fully saturated rings. The van der Waals surface area contributed by atoms with Crippen LogP contribution < -0.4 is 9.64 Å². The zero-order valence-electron chi connectivity index (χ0n) is 16.2. The lowest BCUT2D eigenvalue weighted by Gasteiger charge is -2.13. The van der Waals surface area contributed by atoms with Gasteiger partial charge in [0.1, 0.15) is 6.61 Å². The molecule has 0 aromatic heterocycles. The average molecular weight is 525 g/mol. The van der Waals surface area contributed by atoms with Gasteiger partial charge in [0, 0.05) is 5.02 Å². The largest absolute Gasteiger partial charge is 0.486 e. The maximum Gasteiger partial charge on any atom is 0.298 e. The van der Waals surface area contributed by atoms with E-state index < -0.39 is 11.1 Å². The Kier molecular flexibility index (Phi) is 7.03. The van der Waals surface area contributed by atoms with Gasteiger partial charge in [0.25, 0.3) is 11.1 Å². The normalized spacial score (nSPS) is 15.0. The third-order valence-corrected chi connectivity index (χ3v) is 6.50. The van der Waals surface area contributed by atoms with Gasteiger partial charge >= 0.3 is 0 Å². The lowest BCUT2D eigenvalue weighted by Crippen LogP contribution is -2.27. The Hall–Kier alpha value is -2.15. The van der Waals surface area contributed by atoms with E-state index >= 15 is 0 Å². The summed E-state index contributed by atoms with van der Waals surface area (Å²) in [5.74, 6) is -0.145. The number of halogens is 4. The second kappa shape index (κ2) is 9.77. The number of carbonyl (C=O) groups excluding carboxylic acids is 2. The number of nitrogens with zero attached hydrogens (tertiary/aromatic N) is 1. The van der Waals surface area contributed by atoms with Crippen molar-refractivity contribution in [2.75, 3.05) is 4.90 Å². The van der Waals surface area contributed by atoms with Crippen LogP contribution in [0.1, 0.15) is 11.1 Å². The van der Waals surface area contributed by atoms with Gasteiger partial charge in [-0.15, -0.1) is 0 Å². The van der Waals surface area contributed by atoms with Crippen molar-refractivity contribution in [2.24, 2.45) is 0 Å². The monoisotopic (exact) mass is 523 g/mol.